The Morgan fingerprint density at radius 3 is 1.88 bits per heavy atom. The fraction of sp³-hybridized carbons (Fsp3) is 0. The second kappa shape index (κ2) is 11.4. The van der Waals surface area contributed by atoms with Crippen LogP contribution in [0.15, 0.2) is 152 Å². The molecule has 0 saturated heterocycles. The van der Waals surface area contributed by atoms with Crippen LogP contribution in [0.3, 0.4) is 0 Å². The second-order valence-corrected chi connectivity index (χ2v) is 12.3. The molecule has 50 heavy (non-hydrogen) atoms. The van der Waals surface area contributed by atoms with Crippen molar-refractivity contribution in [1.29, 1.82) is 10.5 Å². The maximum atomic E-state index is 10.3. The molecule has 0 radical (unpaired) electrons. The van der Waals surface area contributed by atoms with E-state index in [9.17, 15) is 10.5 Å². The van der Waals surface area contributed by atoms with Crippen molar-refractivity contribution in [2.24, 2.45) is 0 Å². The van der Waals surface area contributed by atoms with E-state index in [-0.39, 0.29) is 0 Å². The fourth-order valence-electron chi connectivity index (χ4n) is 7.36. The van der Waals surface area contributed by atoms with Crippen molar-refractivity contribution < 1.29 is 0 Å². The van der Waals surface area contributed by atoms with Crippen LogP contribution in [0.25, 0.3) is 82.1 Å². The lowest BCUT2D eigenvalue weighted by molar-refractivity contribution is 1.17. The molecule has 7 aromatic carbocycles. The van der Waals surface area contributed by atoms with E-state index in [0.29, 0.717) is 16.8 Å². The average Bonchev–Trinajstić information content (AvgIpc) is 3.69. The van der Waals surface area contributed by atoms with E-state index in [1.54, 1.807) is 0 Å². The summed E-state index contributed by atoms with van der Waals surface area (Å²) in [5.41, 5.74) is 11.6. The minimum Gasteiger partial charge on any atom is -0.310 e. The summed E-state index contributed by atoms with van der Waals surface area (Å²) >= 11 is 0. The number of nitriles is 2. The van der Waals surface area contributed by atoms with Gasteiger partial charge in [-0.1, -0.05) is 91.0 Å². The number of rotatable bonds is 4. The summed E-state index contributed by atoms with van der Waals surface area (Å²) in [6, 6.07) is 55.7. The molecule has 0 atom stereocenters. The minimum atomic E-state index is 0.557. The van der Waals surface area contributed by atoms with Crippen LogP contribution >= 0.6 is 0 Å². The van der Waals surface area contributed by atoms with E-state index in [0.717, 1.165) is 77.2 Å². The smallest absolute Gasteiger partial charge is 0.189 e. The highest BCUT2D eigenvalue weighted by molar-refractivity contribution is 6.11. The lowest BCUT2D eigenvalue weighted by Crippen LogP contribution is -1.98. The van der Waals surface area contributed by atoms with Gasteiger partial charge in [0, 0.05) is 32.6 Å². The van der Waals surface area contributed by atoms with E-state index < -0.39 is 0 Å². The van der Waals surface area contributed by atoms with Crippen molar-refractivity contribution in [3.63, 3.8) is 0 Å². The van der Waals surface area contributed by atoms with Crippen LogP contribution < -0.4 is 0 Å². The number of nitrogens with zero attached hydrogens (tertiary/aromatic N) is 5. The second-order valence-electron chi connectivity index (χ2n) is 12.3. The van der Waals surface area contributed by atoms with Crippen molar-refractivity contribution in [2.75, 3.05) is 0 Å². The van der Waals surface area contributed by atoms with E-state index >= 15 is 0 Å². The predicted octanol–water partition coefficient (Wildman–Crippen LogP) is 11.5. The molecule has 0 unspecified atom stereocenters. The van der Waals surface area contributed by atoms with Gasteiger partial charge in [-0.2, -0.15) is 10.5 Å². The third-order valence-corrected chi connectivity index (χ3v) is 9.60. The minimum absolute atomic E-state index is 0.557. The topological polar surface area (TPSA) is 61.8 Å². The summed E-state index contributed by atoms with van der Waals surface area (Å²) in [6.45, 7) is 7.69. The summed E-state index contributed by atoms with van der Waals surface area (Å²) in [4.78, 5) is 3.72. The number of aromatic nitrogens is 2. The molecule has 0 aliphatic rings. The molecule has 9 aromatic rings. The van der Waals surface area contributed by atoms with Crippen LogP contribution in [0, 0.1) is 29.2 Å². The molecule has 230 valence electrons. The van der Waals surface area contributed by atoms with Gasteiger partial charge in [0.1, 0.15) is 6.07 Å². The maximum Gasteiger partial charge on any atom is 0.189 e. The monoisotopic (exact) mass is 635 g/mol. The van der Waals surface area contributed by atoms with Crippen molar-refractivity contribution in [3.05, 3.63) is 174 Å². The molecule has 0 amide bonds. The molecule has 5 heteroatoms. The van der Waals surface area contributed by atoms with Crippen LogP contribution in [0.5, 0.6) is 0 Å². The maximum absolute atomic E-state index is 10.3. The molecule has 2 aromatic heterocycles. The molecular weight excluding hydrogens is 611 g/mol. The molecule has 0 N–H and O–H groups in total. The molecule has 0 fully saturated rings. The number of para-hydroxylation sites is 3. The van der Waals surface area contributed by atoms with Crippen molar-refractivity contribution in [1.82, 2.24) is 9.13 Å². The Hall–Kier alpha value is -7.39. The van der Waals surface area contributed by atoms with Gasteiger partial charge in [0.05, 0.1) is 51.7 Å². The fourth-order valence-corrected chi connectivity index (χ4v) is 7.36. The van der Waals surface area contributed by atoms with Gasteiger partial charge in [-0.05, 0) is 77.4 Å². The lowest BCUT2D eigenvalue weighted by atomic mass is 9.96. The number of hydrogen-bond acceptors (Lipinski definition) is 2. The summed E-state index contributed by atoms with van der Waals surface area (Å²) in [5, 5.41) is 24.2. The van der Waals surface area contributed by atoms with Crippen LogP contribution in [-0.2, 0) is 0 Å². The third-order valence-electron chi connectivity index (χ3n) is 9.60. The van der Waals surface area contributed by atoms with Gasteiger partial charge in [-0.15, -0.1) is 0 Å². The Balaban J connectivity index is 1.23. The number of benzene rings is 7. The van der Waals surface area contributed by atoms with Gasteiger partial charge in [0.2, 0.25) is 0 Å². The first-order valence-corrected chi connectivity index (χ1v) is 16.3. The van der Waals surface area contributed by atoms with E-state index in [4.69, 9.17) is 6.57 Å². The summed E-state index contributed by atoms with van der Waals surface area (Å²) in [6.07, 6.45) is 0. The Labute approximate surface area is 288 Å². The largest absolute Gasteiger partial charge is 0.310 e. The quantitative estimate of drug-likeness (QED) is 0.181. The van der Waals surface area contributed by atoms with Crippen LogP contribution in [0.1, 0.15) is 11.1 Å². The highest BCUT2D eigenvalue weighted by Gasteiger charge is 2.18. The zero-order chi connectivity index (χ0) is 33.8. The molecule has 0 saturated carbocycles. The van der Waals surface area contributed by atoms with Gasteiger partial charge < -0.3 is 9.13 Å². The van der Waals surface area contributed by atoms with E-state index in [2.05, 4.69) is 105 Å². The molecule has 0 aliphatic carbocycles. The normalized spacial score (nSPS) is 11.1. The Bertz CT molecular complexity index is 2920. The summed E-state index contributed by atoms with van der Waals surface area (Å²) in [7, 11) is 0. The van der Waals surface area contributed by atoms with Crippen LogP contribution in [-0.4, -0.2) is 9.13 Å². The standard InChI is InChI=1S/C45H25N5/c1-48-34-20-21-38-39-23-29(27-46)17-22-43(39)50(45(38)26-34)40-14-5-2-11-35(40)32-10-8-9-30(24-32)31-18-19-33(28-47)44(25-31)49-41-15-6-3-12-36(41)37-13-4-7-16-42(37)49/h2-26H. The zero-order valence-corrected chi connectivity index (χ0v) is 26.7. The lowest BCUT2D eigenvalue weighted by Gasteiger charge is -2.16. The highest BCUT2D eigenvalue weighted by Crippen LogP contribution is 2.40. The van der Waals surface area contributed by atoms with Crippen LogP contribution in [0.2, 0.25) is 0 Å². The Morgan fingerprint density at radius 1 is 0.460 bits per heavy atom. The van der Waals surface area contributed by atoms with E-state index in [1.165, 1.54) is 0 Å². The van der Waals surface area contributed by atoms with Gasteiger partial charge in [0.15, 0.2) is 5.69 Å². The highest BCUT2D eigenvalue weighted by atomic mass is 15.0. The van der Waals surface area contributed by atoms with Crippen molar-refractivity contribution >= 4 is 49.3 Å². The van der Waals surface area contributed by atoms with Crippen molar-refractivity contribution in [3.8, 4) is 45.8 Å². The first-order valence-electron chi connectivity index (χ1n) is 16.3. The molecule has 9 rings (SSSR count). The average molecular weight is 636 g/mol. The molecule has 0 aliphatic heterocycles. The predicted molar refractivity (Wildman–Crippen MR) is 202 cm³/mol. The third kappa shape index (κ3) is 4.38. The first kappa shape index (κ1) is 28.8. The van der Waals surface area contributed by atoms with Gasteiger partial charge in [-0.3, -0.25) is 0 Å². The molecule has 0 bridgehead atoms. The van der Waals surface area contributed by atoms with Crippen molar-refractivity contribution in [2.45, 2.75) is 0 Å². The number of hydrogen-bond donors (Lipinski definition) is 0. The van der Waals surface area contributed by atoms with Gasteiger partial charge in [0.25, 0.3) is 0 Å². The van der Waals surface area contributed by atoms with Gasteiger partial charge >= 0.3 is 0 Å². The number of fused-ring (bicyclic) bond motifs is 6. The molecule has 5 nitrogen and oxygen atoms in total. The summed E-state index contributed by atoms with van der Waals surface area (Å²) in [5.74, 6) is 0. The molecule has 0 spiro atoms. The first-order chi connectivity index (χ1) is 24.7. The van der Waals surface area contributed by atoms with Crippen LogP contribution in [0.4, 0.5) is 5.69 Å². The molecular formula is C45H25N5. The molecule has 2 heterocycles. The Morgan fingerprint density at radius 2 is 1.12 bits per heavy atom. The van der Waals surface area contributed by atoms with E-state index in [1.807, 2.05) is 72.8 Å². The zero-order valence-electron chi connectivity index (χ0n) is 26.7. The van der Waals surface area contributed by atoms with Gasteiger partial charge in [-0.25, -0.2) is 4.85 Å². The Kier molecular flexibility index (Phi) is 6.56. The summed E-state index contributed by atoms with van der Waals surface area (Å²) < 4.78 is 4.40. The SMILES string of the molecule is [C-]#[N+]c1ccc2c3cc(C#N)ccc3n(-c3ccccc3-c3cccc(-c4ccc(C#N)c(-n5c6ccccc6c6ccccc65)c4)c3)c2c1.